The monoisotopic (exact) mass is 505 g/mol. The minimum Gasteiger partial charge on any atom is -0.350 e. The fourth-order valence-corrected chi connectivity index (χ4v) is 4.60. The molecule has 1 aliphatic rings. The first-order valence-corrected chi connectivity index (χ1v) is 12.7. The molecule has 3 unspecified atom stereocenters. The summed E-state index contributed by atoms with van der Waals surface area (Å²) in [4.78, 5) is 25.7. The quantitative estimate of drug-likeness (QED) is 0.301. The van der Waals surface area contributed by atoms with Gasteiger partial charge in [-0.05, 0) is 86.7 Å². The lowest BCUT2D eigenvalue weighted by molar-refractivity contribution is -0.123. The molecule has 1 saturated carbocycles. The van der Waals surface area contributed by atoms with Crippen LogP contribution in [0.2, 0.25) is 0 Å². The molecule has 0 radical (unpaired) electrons. The lowest BCUT2D eigenvalue weighted by atomic mass is 10.1. The number of hydrogen-bond acceptors (Lipinski definition) is 3. The summed E-state index contributed by atoms with van der Waals surface area (Å²) in [6.07, 6.45) is 3.08. The van der Waals surface area contributed by atoms with E-state index < -0.39 is 6.04 Å². The number of rotatable bonds is 12. The third-order valence-corrected chi connectivity index (χ3v) is 7.00. The molecule has 0 aromatic heterocycles. The van der Waals surface area contributed by atoms with Crippen LogP contribution in [0, 0.1) is 11.6 Å². The van der Waals surface area contributed by atoms with Gasteiger partial charge in [-0.1, -0.05) is 42.5 Å². The first-order valence-electron chi connectivity index (χ1n) is 12.7. The van der Waals surface area contributed by atoms with Crippen molar-refractivity contribution in [3.8, 4) is 0 Å². The van der Waals surface area contributed by atoms with Crippen LogP contribution in [-0.4, -0.2) is 29.9 Å². The molecule has 37 heavy (non-hydrogen) atoms. The zero-order valence-corrected chi connectivity index (χ0v) is 21.0. The van der Waals surface area contributed by atoms with Crippen LogP contribution in [0.5, 0.6) is 0 Å². The van der Waals surface area contributed by atoms with Crippen molar-refractivity contribution in [1.29, 1.82) is 0 Å². The standard InChI is InChI=1S/C30H33F2N3O2/c1-30(19-26(30)22-12-16-25(32)17-13-22)34-18-6-5-9-27(35-28(36)23-7-3-2-4-8-23)29(37)33-20-21-10-14-24(31)15-11-21/h2-4,7-8,10-17,26-27,34H,5-6,9,18-20H2,1H3,(H,33,37)(H,35,36). The number of hydrogen-bond donors (Lipinski definition) is 3. The van der Waals surface area contributed by atoms with E-state index in [1.165, 1.54) is 24.3 Å². The van der Waals surface area contributed by atoms with Crippen LogP contribution in [0.4, 0.5) is 8.78 Å². The topological polar surface area (TPSA) is 70.2 Å². The van der Waals surface area contributed by atoms with Crippen LogP contribution < -0.4 is 16.0 Å². The first kappa shape index (κ1) is 26.5. The van der Waals surface area contributed by atoms with E-state index in [0.717, 1.165) is 36.9 Å². The second-order valence-electron chi connectivity index (χ2n) is 9.88. The Labute approximate surface area is 216 Å². The molecule has 5 nitrogen and oxygen atoms in total. The smallest absolute Gasteiger partial charge is 0.251 e. The van der Waals surface area contributed by atoms with Gasteiger partial charge in [-0.15, -0.1) is 0 Å². The first-order chi connectivity index (χ1) is 17.8. The minimum absolute atomic E-state index is 0.00864. The van der Waals surface area contributed by atoms with E-state index in [1.807, 2.05) is 18.2 Å². The van der Waals surface area contributed by atoms with Crippen molar-refractivity contribution in [3.63, 3.8) is 0 Å². The SMILES string of the molecule is CC1(NCCCCC(NC(=O)c2ccccc2)C(=O)NCc2ccc(F)cc2)CC1c1ccc(F)cc1. The molecule has 0 bridgehead atoms. The fourth-order valence-electron chi connectivity index (χ4n) is 4.60. The Kier molecular flexibility index (Phi) is 8.66. The molecule has 3 aromatic carbocycles. The summed E-state index contributed by atoms with van der Waals surface area (Å²) in [5, 5.41) is 9.33. The summed E-state index contributed by atoms with van der Waals surface area (Å²) < 4.78 is 26.4. The van der Waals surface area contributed by atoms with Crippen LogP contribution in [0.3, 0.4) is 0 Å². The Morgan fingerprint density at radius 1 is 0.919 bits per heavy atom. The van der Waals surface area contributed by atoms with Gasteiger partial charge in [-0.2, -0.15) is 0 Å². The third kappa shape index (κ3) is 7.46. The predicted octanol–water partition coefficient (Wildman–Crippen LogP) is 5.09. The van der Waals surface area contributed by atoms with Gasteiger partial charge in [0.05, 0.1) is 0 Å². The van der Waals surface area contributed by atoms with Crippen molar-refractivity contribution in [2.75, 3.05) is 6.54 Å². The van der Waals surface area contributed by atoms with Crippen molar-refractivity contribution < 1.29 is 18.4 Å². The zero-order valence-electron chi connectivity index (χ0n) is 21.0. The molecular formula is C30H33F2N3O2. The Morgan fingerprint density at radius 2 is 1.57 bits per heavy atom. The fraction of sp³-hybridized carbons (Fsp3) is 0.333. The molecule has 3 aromatic rings. The molecular weight excluding hydrogens is 472 g/mol. The molecule has 0 saturated heterocycles. The number of benzene rings is 3. The molecule has 4 rings (SSSR count). The number of nitrogens with one attached hydrogen (secondary N) is 3. The highest BCUT2D eigenvalue weighted by atomic mass is 19.1. The van der Waals surface area contributed by atoms with Crippen LogP contribution in [0.25, 0.3) is 0 Å². The van der Waals surface area contributed by atoms with Crippen LogP contribution >= 0.6 is 0 Å². The highest BCUT2D eigenvalue weighted by Gasteiger charge is 2.50. The number of amides is 2. The van der Waals surface area contributed by atoms with E-state index in [1.54, 1.807) is 36.4 Å². The van der Waals surface area contributed by atoms with Gasteiger partial charge in [0.2, 0.25) is 5.91 Å². The van der Waals surface area contributed by atoms with E-state index in [9.17, 15) is 18.4 Å². The van der Waals surface area contributed by atoms with Gasteiger partial charge >= 0.3 is 0 Å². The second-order valence-corrected chi connectivity index (χ2v) is 9.88. The highest BCUT2D eigenvalue weighted by molar-refractivity contribution is 5.97. The van der Waals surface area contributed by atoms with E-state index in [0.29, 0.717) is 17.9 Å². The van der Waals surface area contributed by atoms with E-state index in [2.05, 4.69) is 22.9 Å². The molecule has 7 heteroatoms. The molecule has 1 fully saturated rings. The van der Waals surface area contributed by atoms with Crippen molar-refractivity contribution in [2.24, 2.45) is 0 Å². The normalized spacial score (nSPS) is 19.2. The van der Waals surface area contributed by atoms with Gasteiger partial charge in [-0.25, -0.2) is 8.78 Å². The lowest BCUT2D eigenvalue weighted by Crippen LogP contribution is -2.46. The van der Waals surface area contributed by atoms with Gasteiger partial charge in [0.25, 0.3) is 5.91 Å². The third-order valence-electron chi connectivity index (χ3n) is 7.00. The molecule has 194 valence electrons. The Hall–Kier alpha value is -3.58. The maximum atomic E-state index is 13.2. The van der Waals surface area contributed by atoms with Gasteiger partial charge in [-0.3, -0.25) is 9.59 Å². The van der Waals surface area contributed by atoms with Crippen LogP contribution in [0.1, 0.15) is 60.0 Å². The lowest BCUT2D eigenvalue weighted by Gasteiger charge is -2.19. The maximum Gasteiger partial charge on any atom is 0.251 e. The molecule has 0 heterocycles. The van der Waals surface area contributed by atoms with E-state index >= 15 is 0 Å². The predicted molar refractivity (Wildman–Crippen MR) is 140 cm³/mol. The van der Waals surface area contributed by atoms with Crippen LogP contribution in [-0.2, 0) is 11.3 Å². The van der Waals surface area contributed by atoms with Crippen molar-refractivity contribution in [1.82, 2.24) is 16.0 Å². The number of unbranched alkanes of at least 4 members (excludes halogenated alkanes) is 1. The summed E-state index contributed by atoms with van der Waals surface area (Å²) in [5.41, 5.74) is 2.40. The average molecular weight is 506 g/mol. The Morgan fingerprint density at radius 3 is 2.24 bits per heavy atom. The Balaban J connectivity index is 1.27. The van der Waals surface area contributed by atoms with Crippen LogP contribution in [0.15, 0.2) is 78.9 Å². The van der Waals surface area contributed by atoms with Crippen molar-refractivity contribution in [2.45, 2.75) is 56.7 Å². The van der Waals surface area contributed by atoms with Gasteiger partial charge < -0.3 is 16.0 Å². The second kappa shape index (κ2) is 12.1. The summed E-state index contributed by atoms with van der Waals surface area (Å²) >= 11 is 0. The Bertz CT molecular complexity index is 1190. The summed E-state index contributed by atoms with van der Waals surface area (Å²) in [6, 6.07) is 20.8. The largest absolute Gasteiger partial charge is 0.350 e. The van der Waals surface area contributed by atoms with Crippen molar-refractivity contribution >= 4 is 11.8 Å². The van der Waals surface area contributed by atoms with Crippen molar-refractivity contribution in [3.05, 3.63) is 107 Å². The molecule has 2 amide bonds. The average Bonchev–Trinajstić information content (AvgIpc) is 3.59. The van der Waals surface area contributed by atoms with Gasteiger partial charge in [0.15, 0.2) is 0 Å². The summed E-state index contributed by atoms with van der Waals surface area (Å²) in [5.74, 6) is -0.765. The van der Waals surface area contributed by atoms with Gasteiger partial charge in [0.1, 0.15) is 17.7 Å². The highest BCUT2D eigenvalue weighted by Crippen LogP contribution is 2.51. The molecule has 3 N–H and O–H groups in total. The summed E-state index contributed by atoms with van der Waals surface area (Å²) in [7, 11) is 0. The molecule has 0 aliphatic heterocycles. The van der Waals surface area contributed by atoms with Gasteiger partial charge in [0, 0.05) is 23.6 Å². The molecule has 0 spiro atoms. The van der Waals surface area contributed by atoms with E-state index in [-0.39, 0.29) is 35.5 Å². The minimum atomic E-state index is -0.684. The molecule has 1 aliphatic carbocycles. The number of carbonyl (C=O) groups excluding carboxylic acids is 2. The number of halogens is 2. The molecule has 3 atom stereocenters. The zero-order chi connectivity index (χ0) is 26.3. The van der Waals surface area contributed by atoms with E-state index in [4.69, 9.17) is 0 Å². The number of carbonyl (C=O) groups is 2. The summed E-state index contributed by atoms with van der Waals surface area (Å²) in [6.45, 7) is 3.21. The maximum absolute atomic E-state index is 13.2.